The first kappa shape index (κ1) is 46.3. The number of aromatic nitrogens is 2. The van der Waals surface area contributed by atoms with E-state index in [9.17, 15) is 48.6 Å². The zero-order valence-electron chi connectivity index (χ0n) is 33.3. The number of primary amides is 1. The largest absolute Gasteiger partial charge is 0.481 e. The summed E-state index contributed by atoms with van der Waals surface area (Å²) in [7, 11) is 1.79. The molecule has 6 amide bonds. The number of hydrogen-bond acceptors (Lipinski definition) is 10. The van der Waals surface area contributed by atoms with Crippen molar-refractivity contribution in [3.8, 4) is 0 Å². The molecule has 2 heterocycles. The molecule has 4 rings (SSSR count). The fraction of sp³-hybridized carbons (Fsp3) is 0.400. The molecule has 60 heavy (non-hydrogen) atoms. The van der Waals surface area contributed by atoms with Crippen LogP contribution in [-0.2, 0) is 58.2 Å². The highest BCUT2D eigenvalue weighted by molar-refractivity contribution is 7.80. The third kappa shape index (κ3) is 12.3. The van der Waals surface area contributed by atoms with Gasteiger partial charge in [-0.1, -0.05) is 50.2 Å². The monoisotopic (exact) mass is 849 g/mol. The van der Waals surface area contributed by atoms with Gasteiger partial charge in [-0.2, -0.15) is 12.6 Å². The molecular weight excluding hydrogens is 799 g/mol. The lowest BCUT2D eigenvalue weighted by Gasteiger charge is -2.28. The Morgan fingerprint density at radius 1 is 0.733 bits per heavy atom. The summed E-state index contributed by atoms with van der Waals surface area (Å²) in [6, 6.07) is 5.81. The average Bonchev–Trinajstić information content (AvgIpc) is 3.76. The maximum atomic E-state index is 14.2. The van der Waals surface area contributed by atoms with E-state index in [0.717, 1.165) is 16.4 Å². The second-order valence-electron chi connectivity index (χ2n) is 14.8. The first-order valence-corrected chi connectivity index (χ1v) is 19.7. The molecule has 0 aliphatic rings. The number of carbonyl (C=O) groups is 8. The van der Waals surface area contributed by atoms with E-state index in [4.69, 9.17) is 11.5 Å². The number of carboxylic acids is 2. The van der Waals surface area contributed by atoms with Gasteiger partial charge >= 0.3 is 11.9 Å². The van der Waals surface area contributed by atoms with Crippen molar-refractivity contribution in [1.82, 2.24) is 36.1 Å². The molecule has 20 heteroatoms. The number of amides is 6. The number of aromatic amines is 1. The predicted molar refractivity (Wildman–Crippen MR) is 223 cm³/mol. The Hall–Kier alpha value is -6.41. The van der Waals surface area contributed by atoms with Gasteiger partial charge in [0.2, 0.25) is 35.4 Å². The van der Waals surface area contributed by atoms with Gasteiger partial charge in [-0.15, -0.1) is 0 Å². The summed E-state index contributed by atoms with van der Waals surface area (Å²) in [5, 5.41) is 33.5. The van der Waals surface area contributed by atoms with Crippen LogP contribution in [0.25, 0.3) is 21.8 Å². The molecule has 0 saturated heterocycles. The van der Waals surface area contributed by atoms with Crippen LogP contribution in [0.3, 0.4) is 0 Å². The van der Waals surface area contributed by atoms with Crippen molar-refractivity contribution in [3.63, 3.8) is 0 Å². The van der Waals surface area contributed by atoms with Crippen LogP contribution in [-0.4, -0.2) is 109 Å². The van der Waals surface area contributed by atoms with Crippen molar-refractivity contribution in [2.45, 2.75) is 82.2 Å². The Kier molecular flexibility index (Phi) is 16.2. The third-order valence-corrected chi connectivity index (χ3v) is 10.2. The summed E-state index contributed by atoms with van der Waals surface area (Å²) in [5.74, 6) is -8.82. The minimum Gasteiger partial charge on any atom is -0.481 e. The molecule has 2 aromatic carbocycles. The van der Waals surface area contributed by atoms with Gasteiger partial charge in [-0.3, -0.25) is 33.6 Å². The Morgan fingerprint density at radius 3 is 1.93 bits per heavy atom. The second-order valence-corrected chi connectivity index (χ2v) is 15.1. The van der Waals surface area contributed by atoms with Gasteiger partial charge in [0.25, 0.3) is 0 Å². The molecule has 4 aromatic rings. The maximum absolute atomic E-state index is 14.2. The normalized spacial score (nSPS) is 14.3. The van der Waals surface area contributed by atoms with Gasteiger partial charge in [0.1, 0.15) is 30.2 Å². The second kappa shape index (κ2) is 21.0. The summed E-state index contributed by atoms with van der Waals surface area (Å²) < 4.78 is 1.82. The molecule has 2 aromatic heterocycles. The predicted octanol–water partition coefficient (Wildman–Crippen LogP) is -0.393. The number of nitrogens with two attached hydrogens (primary N) is 2. The molecule has 0 spiro atoms. The van der Waals surface area contributed by atoms with Crippen LogP contribution >= 0.6 is 12.6 Å². The molecule has 0 radical (unpaired) electrons. The van der Waals surface area contributed by atoms with E-state index in [2.05, 4.69) is 44.2 Å². The van der Waals surface area contributed by atoms with E-state index in [1.165, 1.54) is 0 Å². The first-order chi connectivity index (χ1) is 28.4. The Balaban J connectivity index is 1.61. The van der Waals surface area contributed by atoms with Gasteiger partial charge in [-0.05, 0) is 35.6 Å². The van der Waals surface area contributed by atoms with Crippen molar-refractivity contribution in [2.24, 2.45) is 24.4 Å². The molecule has 0 saturated carbocycles. The van der Waals surface area contributed by atoms with Crippen molar-refractivity contribution in [3.05, 3.63) is 72.1 Å². The molecule has 0 aliphatic heterocycles. The average molecular weight is 850 g/mol. The summed E-state index contributed by atoms with van der Waals surface area (Å²) in [6.07, 6.45) is 1.22. The minimum absolute atomic E-state index is 0.000727. The minimum atomic E-state index is -1.84. The number of aliphatic carboxylic acids is 2. The number of nitrogens with one attached hydrogen (secondary N) is 6. The zero-order chi connectivity index (χ0) is 44.3. The van der Waals surface area contributed by atoms with Crippen LogP contribution in [0.4, 0.5) is 0 Å². The highest BCUT2D eigenvalue weighted by Crippen LogP contribution is 2.22. The van der Waals surface area contributed by atoms with E-state index in [1.54, 1.807) is 63.6 Å². The number of H-pyrrole nitrogens is 1. The van der Waals surface area contributed by atoms with Crippen LogP contribution in [0, 0.1) is 5.92 Å². The molecule has 6 atom stereocenters. The molecule has 12 N–H and O–H groups in total. The van der Waals surface area contributed by atoms with E-state index in [1.807, 2.05) is 22.8 Å². The first-order valence-electron chi connectivity index (χ1n) is 19.1. The maximum Gasteiger partial charge on any atom is 0.326 e. The van der Waals surface area contributed by atoms with Gasteiger partial charge in [0.05, 0.1) is 12.5 Å². The van der Waals surface area contributed by atoms with Crippen molar-refractivity contribution >= 4 is 81.8 Å². The Bertz CT molecular complexity index is 2240. The van der Waals surface area contributed by atoms with Crippen molar-refractivity contribution in [1.29, 1.82) is 0 Å². The van der Waals surface area contributed by atoms with Crippen molar-refractivity contribution in [2.75, 3.05) is 5.75 Å². The third-order valence-electron chi connectivity index (χ3n) is 9.85. The number of benzene rings is 2. The Morgan fingerprint density at radius 2 is 1.30 bits per heavy atom. The quantitative estimate of drug-likeness (QED) is 0.0453. The lowest BCUT2D eigenvalue weighted by Crippen LogP contribution is -2.60. The van der Waals surface area contributed by atoms with E-state index >= 15 is 0 Å². The van der Waals surface area contributed by atoms with E-state index in [0.29, 0.717) is 16.5 Å². The van der Waals surface area contributed by atoms with Gasteiger partial charge in [0.15, 0.2) is 0 Å². The van der Waals surface area contributed by atoms with Crippen molar-refractivity contribution < 1.29 is 48.6 Å². The molecule has 322 valence electrons. The molecule has 19 nitrogen and oxygen atoms in total. The highest BCUT2D eigenvalue weighted by atomic mass is 32.1. The lowest BCUT2D eigenvalue weighted by atomic mass is 10.00. The van der Waals surface area contributed by atoms with E-state index in [-0.39, 0.29) is 18.6 Å². The number of carbonyl (C=O) groups excluding carboxylic acids is 6. The molecule has 0 fully saturated rings. The smallest absolute Gasteiger partial charge is 0.326 e. The number of aryl methyl sites for hydroxylation is 1. The molecule has 0 aliphatic carbocycles. The summed E-state index contributed by atoms with van der Waals surface area (Å²) in [4.78, 5) is 107. The SMILES string of the molecule is CC(C)[C@H](NC(=O)[C@@H](N)CS)C(=O)N[C@@H](Cc1cn(C)c2ccccc12)C(=O)N[C@@H](CCC(N)=O)C(=O)N[C@@H](CC(=O)O)C(=O)N[C@@H](Cc1c[nH]c2ccccc12)C(=O)O. The number of hydrogen-bond donors (Lipinski definition) is 11. The zero-order valence-corrected chi connectivity index (χ0v) is 34.2. The van der Waals surface area contributed by atoms with Crippen LogP contribution in [0.2, 0.25) is 0 Å². The fourth-order valence-electron chi connectivity index (χ4n) is 6.63. The van der Waals surface area contributed by atoms with Crippen LogP contribution in [0.15, 0.2) is 60.9 Å². The number of thiol groups is 1. The molecular formula is C40H51N9O10S. The summed E-state index contributed by atoms with van der Waals surface area (Å²) in [5.41, 5.74) is 13.9. The Labute approximate surface area is 350 Å². The van der Waals surface area contributed by atoms with E-state index < -0.39 is 109 Å². The standard InChI is InChI=1S/C40H51N9O10S/c1-20(2)34(48-35(53)25(41)19-60)39(57)46-28(15-22-18-49(3)31-11-7-5-9-24(22)31)37(55)44-27(12-13-32(42)50)36(54)45-29(16-33(51)52)38(56)47-30(40(58)59)14-21-17-43-26-10-6-4-8-23(21)26/h4-11,17-18,20,25,27-30,34,43,60H,12-16,19,41H2,1-3H3,(H2,42,50)(H,44,55)(H,45,54)(H,46,57)(H,47,56)(H,48,53)(H,51,52)(H,58,59)/t25-,27-,28-,29-,30-,34-/m0/s1. The number of para-hydroxylation sites is 2. The number of rotatable bonds is 22. The summed E-state index contributed by atoms with van der Waals surface area (Å²) in [6.45, 7) is 3.34. The fourth-order valence-corrected chi connectivity index (χ4v) is 6.80. The molecule has 0 bridgehead atoms. The van der Waals surface area contributed by atoms with Crippen LogP contribution in [0.1, 0.15) is 44.2 Å². The molecule has 0 unspecified atom stereocenters. The highest BCUT2D eigenvalue weighted by Gasteiger charge is 2.35. The van der Waals surface area contributed by atoms with Gasteiger partial charge < -0.3 is 57.8 Å². The lowest BCUT2D eigenvalue weighted by molar-refractivity contribution is -0.143. The van der Waals surface area contributed by atoms with Crippen LogP contribution in [0.5, 0.6) is 0 Å². The van der Waals surface area contributed by atoms with Gasteiger partial charge in [0, 0.05) is 66.3 Å². The number of nitrogens with zero attached hydrogens (tertiary/aromatic N) is 1. The topological polar surface area (TPSA) is 310 Å². The van der Waals surface area contributed by atoms with Gasteiger partial charge in [-0.25, -0.2) is 4.79 Å². The number of fused-ring (bicyclic) bond motifs is 2. The number of carboxylic acid groups (broad SMARTS) is 2. The van der Waals surface area contributed by atoms with Crippen LogP contribution < -0.4 is 38.1 Å². The summed E-state index contributed by atoms with van der Waals surface area (Å²) >= 11 is 4.05.